The Morgan fingerprint density at radius 3 is 2.71 bits per heavy atom. The third-order valence-electron chi connectivity index (χ3n) is 4.71. The molecule has 1 amide bonds. The summed E-state index contributed by atoms with van der Waals surface area (Å²) in [5.41, 5.74) is 1.40. The average molecular weight is 301 g/mol. The van der Waals surface area contributed by atoms with Gasteiger partial charge in [0.05, 0.1) is 5.03 Å². The van der Waals surface area contributed by atoms with E-state index >= 15 is 0 Å². The first-order valence-corrected chi connectivity index (χ1v) is 8.80. The number of amides is 1. The molecule has 0 unspecified atom stereocenters. The molecule has 0 radical (unpaired) electrons. The predicted molar refractivity (Wildman–Crippen MR) is 89.0 cm³/mol. The maximum absolute atomic E-state index is 11.9. The SMILES string of the molecule is CCN(C(C)=O)C1=C[C@@H](c2ccccc2)[C@@H]2CCC[C@@H]2S1. The monoisotopic (exact) mass is 301 g/mol. The minimum absolute atomic E-state index is 0.152. The van der Waals surface area contributed by atoms with Crippen LogP contribution in [0.4, 0.5) is 0 Å². The molecule has 1 aromatic carbocycles. The van der Waals surface area contributed by atoms with E-state index in [0.717, 1.165) is 12.5 Å². The highest BCUT2D eigenvalue weighted by Crippen LogP contribution is 2.51. The molecule has 0 saturated heterocycles. The number of carbonyl (C=O) groups is 1. The average Bonchev–Trinajstić information content (AvgIpc) is 2.96. The lowest BCUT2D eigenvalue weighted by Crippen LogP contribution is -2.32. The zero-order valence-corrected chi connectivity index (χ0v) is 13.6. The van der Waals surface area contributed by atoms with Gasteiger partial charge in [0.2, 0.25) is 5.91 Å². The standard InChI is InChI=1S/C18H23NOS/c1-3-19(13(2)20)18-12-16(14-8-5-4-6-9-14)15-10-7-11-17(15)21-18/h4-6,8-9,12,15-17H,3,7,10-11H2,1-2H3/t15-,16-,17-/m0/s1. The molecule has 3 atom stereocenters. The summed E-state index contributed by atoms with van der Waals surface area (Å²) in [5, 5.41) is 1.84. The molecule has 1 fully saturated rings. The van der Waals surface area contributed by atoms with Crippen molar-refractivity contribution in [3.63, 3.8) is 0 Å². The summed E-state index contributed by atoms with van der Waals surface area (Å²) < 4.78 is 0. The van der Waals surface area contributed by atoms with E-state index in [1.54, 1.807) is 6.92 Å². The van der Waals surface area contributed by atoms with Crippen molar-refractivity contribution in [2.75, 3.05) is 6.54 Å². The Balaban J connectivity index is 1.96. The second kappa shape index (κ2) is 6.27. The number of allylic oxidation sites excluding steroid dienone is 1. The Labute approximate surface area is 131 Å². The minimum atomic E-state index is 0.152. The number of hydrogen-bond acceptors (Lipinski definition) is 2. The van der Waals surface area contributed by atoms with E-state index in [9.17, 15) is 4.79 Å². The van der Waals surface area contributed by atoms with Gasteiger partial charge in [-0.2, -0.15) is 0 Å². The zero-order chi connectivity index (χ0) is 14.8. The van der Waals surface area contributed by atoms with Gasteiger partial charge in [0.15, 0.2) is 0 Å². The molecule has 1 heterocycles. The molecule has 0 bridgehead atoms. The topological polar surface area (TPSA) is 20.3 Å². The van der Waals surface area contributed by atoms with Crippen LogP contribution in [0.25, 0.3) is 0 Å². The summed E-state index contributed by atoms with van der Waals surface area (Å²) in [5.74, 6) is 1.34. The van der Waals surface area contributed by atoms with Crippen molar-refractivity contribution in [3.05, 3.63) is 47.0 Å². The van der Waals surface area contributed by atoms with Crippen LogP contribution in [-0.4, -0.2) is 22.6 Å². The van der Waals surface area contributed by atoms with E-state index in [1.807, 2.05) is 16.7 Å². The highest BCUT2D eigenvalue weighted by Gasteiger charge is 2.39. The van der Waals surface area contributed by atoms with E-state index in [4.69, 9.17) is 0 Å². The van der Waals surface area contributed by atoms with Gasteiger partial charge in [0, 0.05) is 24.6 Å². The van der Waals surface area contributed by atoms with E-state index in [-0.39, 0.29) is 5.91 Å². The first kappa shape index (κ1) is 14.7. The van der Waals surface area contributed by atoms with E-state index in [1.165, 1.54) is 29.9 Å². The molecule has 3 heteroatoms. The number of benzene rings is 1. The van der Waals surface area contributed by atoms with Crippen LogP contribution in [0, 0.1) is 5.92 Å². The lowest BCUT2D eigenvalue weighted by atomic mass is 9.84. The normalized spacial score (nSPS) is 27.9. The number of fused-ring (bicyclic) bond motifs is 1. The van der Waals surface area contributed by atoms with E-state index in [0.29, 0.717) is 11.2 Å². The molecule has 0 aromatic heterocycles. The second-order valence-electron chi connectivity index (χ2n) is 5.96. The van der Waals surface area contributed by atoms with Crippen molar-refractivity contribution in [3.8, 4) is 0 Å². The molecule has 1 saturated carbocycles. The fraction of sp³-hybridized carbons (Fsp3) is 0.500. The van der Waals surface area contributed by atoms with Gasteiger partial charge >= 0.3 is 0 Å². The molecule has 2 aliphatic rings. The molecular weight excluding hydrogens is 278 g/mol. The van der Waals surface area contributed by atoms with Crippen LogP contribution < -0.4 is 0 Å². The number of thioether (sulfide) groups is 1. The van der Waals surface area contributed by atoms with Crippen molar-refractivity contribution < 1.29 is 4.79 Å². The zero-order valence-electron chi connectivity index (χ0n) is 12.8. The van der Waals surface area contributed by atoms with Gasteiger partial charge in [0.1, 0.15) is 0 Å². The highest BCUT2D eigenvalue weighted by molar-refractivity contribution is 8.03. The third-order valence-corrected chi connectivity index (χ3v) is 6.19. The summed E-state index contributed by atoms with van der Waals surface area (Å²) in [4.78, 5) is 13.8. The first-order chi connectivity index (χ1) is 10.2. The summed E-state index contributed by atoms with van der Waals surface area (Å²) in [6, 6.07) is 10.8. The lowest BCUT2D eigenvalue weighted by Gasteiger charge is -2.36. The summed E-state index contributed by atoms with van der Waals surface area (Å²) in [7, 11) is 0. The molecule has 112 valence electrons. The first-order valence-electron chi connectivity index (χ1n) is 7.92. The maximum atomic E-state index is 11.9. The largest absolute Gasteiger partial charge is 0.308 e. The minimum Gasteiger partial charge on any atom is -0.308 e. The molecule has 0 N–H and O–H groups in total. The molecular formula is C18H23NOS. The fourth-order valence-corrected chi connectivity index (χ4v) is 5.37. The van der Waals surface area contributed by atoms with Gasteiger partial charge in [0.25, 0.3) is 0 Å². The van der Waals surface area contributed by atoms with Gasteiger partial charge in [-0.1, -0.05) is 36.8 Å². The Kier molecular flexibility index (Phi) is 4.39. The molecule has 0 spiro atoms. The van der Waals surface area contributed by atoms with Crippen LogP contribution >= 0.6 is 11.8 Å². The smallest absolute Gasteiger partial charge is 0.224 e. The number of rotatable bonds is 3. The van der Waals surface area contributed by atoms with Crippen LogP contribution in [0.1, 0.15) is 44.6 Å². The summed E-state index contributed by atoms with van der Waals surface area (Å²) >= 11 is 1.93. The number of carbonyl (C=O) groups excluding carboxylic acids is 1. The molecule has 1 aliphatic carbocycles. The van der Waals surface area contributed by atoms with Crippen LogP contribution in [0.2, 0.25) is 0 Å². The van der Waals surface area contributed by atoms with Gasteiger partial charge in [-0.25, -0.2) is 0 Å². The number of hydrogen-bond donors (Lipinski definition) is 0. The van der Waals surface area contributed by atoms with E-state index < -0.39 is 0 Å². The molecule has 2 nitrogen and oxygen atoms in total. The lowest BCUT2D eigenvalue weighted by molar-refractivity contribution is -0.126. The van der Waals surface area contributed by atoms with Crippen molar-refractivity contribution in [1.29, 1.82) is 0 Å². The Morgan fingerprint density at radius 2 is 2.05 bits per heavy atom. The van der Waals surface area contributed by atoms with Crippen molar-refractivity contribution in [2.45, 2.75) is 44.3 Å². The second-order valence-corrected chi connectivity index (χ2v) is 7.22. The van der Waals surface area contributed by atoms with Crippen LogP contribution in [-0.2, 0) is 4.79 Å². The quantitative estimate of drug-likeness (QED) is 0.825. The van der Waals surface area contributed by atoms with Gasteiger partial charge < -0.3 is 4.90 Å². The van der Waals surface area contributed by atoms with Crippen molar-refractivity contribution in [2.24, 2.45) is 5.92 Å². The van der Waals surface area contributed by atoms with E-state index in [2.05, 4.69) is 43.3 Å². The summed E-state index contributed by atoms with van der Waals surface area (Å²) in [6.07, 6.45) is 6.26. The Morgan fingerprint density at radius 1 is 1.29 bits per heavy atom. The summed E-state index contributed by atoms with van der Waals surface area (Å²) in [6.45, 7) is 4.48. The maximum Gasteiger partial charge on any atom is 0.224 e. The predicted octanol–water partition coefficient (Wildman–Crippen LogP) is 4.40. The highest BCUT2D eigenvalue weighted by atomic mass is 32.2. The van der Waals surface area contributed by atoms with Gasteiger partial charge in [-0.15, -0.1) is 11.8 Å². The van der Waals surface area contributed by atoms with Crippen molar-refractivity contribution >= 4 is 17.7 Å². The molecule has 1 aromatic rings. The Hall–Kier alpha value is -1.22. The van der Waals surface area contributed by atoms with Gasteiger partial charge in [-0.3, -0.25) is 4.79 Å². The van der Waals surface area contributed by atoms with Crippen molar-refractivity contribution in [1.82, 2.24) is 4.90 Å². The van der Waals surface area contributed by atoms with Crippen LogP contribution in [0.5, 0.6) is 0 Å². The molecule has 3 rings (SSSR count). The third kappa shape index (κ3) is 2.89. The Bertz CT molecular complexity index is 539. The molecule has 21 heavy (non-hydrogen) atoms. The van der Waals surface area contributed by atoms with Crippen LogP contribution in [0.3, 0.4) is 0 Å². The fourth-order valence-electron chi connectivity index (χ4n) is 3.69. The number of nitrogens with zero attached hydrogens (tertiary/aromatic N) is 1. The van der Waals surface area contributed by atoms with Gasteiger partial charge in [-0.05, 0) is 37.3 Å². The molecule has 1 aliphatic heterocycles. The van der Waals surface area contributed by atoms with Crippen LogP contribution in [0.15, 0.2) is 41.4 Å².